The Morgan fingerprint density at radius 1 is 1.17 bits per heavy atom. The number of nitrogens with one attached hydrogen (secondary N) is 1. The van der Waals surface area contributed by atoms with Crippen LogP contribution in [0, 0.1) is 0 Å². The van der Waals surface area contributed by atoms with Crippen LogP contribution in [0.4, 0.5) is 0 Å². The van der Waals surface area contributed by atoms with E-state index in [1.807, 2.05) is 0 Å². The molecule has 1 atom stereocenters. The van der Waals surface area contributed by atoms with E-state index in [-0.39, 0.29) is 29.2 Å². The van der Waals surface area contributed by atoms with Crippen molar-refractivity contribution >= 4 is 40.9 Å². The number of aromatic hydroxyl groups is 2. The predicted molar refractivity (Wildman–Crippen MR) is 93.4 cm³/mol. The molecule has 1 unspecified atom stereocenters. The zero-order chi connectivity index (χ0) is 17.0. The fourth-order valence-corrected chi connectivity index (χ4v) is 3.26. The van der Waals surface area contributed by atoms with Crippen LogP contribution in [0.1, 0.15) is 12.5 Å². The van der Waals surface area contributed by atoms with E-state index in [2.05, 4.69) is 5.32 Å². The van der Waals surface area contributed by atoms with Crippen LogP contribution >= 0.6 is 35.0 Å². The fraction of sp³-hybridized carbons (Fsp3) is 0.188. The molecule has 2 rings (SSSR count). The maximum atomic E-state index is 12.1. The molecule has 2 aromatic carbocycles. The smallest absolute Gasteiger partial charge is 0.233 e. The average molecular weight is 372 g/mol. The number of carbonyl (C=O) groups excluding carboxylic acids is 1. The molecule has 0 spiro atoms. The number of benzene rings is 2. The van der Waals surface area contributed by atoms with Crippen LogP contribution in [-0.4, -0.2) is 21.4 Å². The minimum atomic E-state index is -0.348. The summed E-state index contributed by atoms with van der Waals surface area (Å²) in [6.07, 6.45) is 0. The number of hydrogen-bond acceptors (Lipinski definition) is 4. The van der Waals surface area contributed by atoms with Gasteiger partial charge in [0.25, 0.3) is 0 Å². The van der Waals surface area contributed by atoms with Crippen LogP contribution in [0.2, 0.25) is 10.0 Å². The normalized spacial score (nSPS) is 12.0. The standard InChI is InChI=1S/C16H15Cl2NO3S/c1-9(23-15-5-3-11(17)7-12(15)18)16(22)19-8-10-2-4-13(20)14(21)6-10/h2-7,9,20-21H,8H2,1H3,(H,19,22). The summed E-state index contributed by atoms with van der Waals surface area (Å²) in [6.45, 7) is 2.03. The second-order valence-corrected chi connectivity index (χ2v) is 7.10. The van der Waals surface area contributed by atoms with Crippen molar-refractivity contribution in [2.24, 2.45) is 0 Å². The molecule has 0 radical (unpaired) electrons. The van der Waals surface area contributed by atoms with Crippen molar-refractivity contribution in [3.05, 3.63) is 52.0 Å². The molecule has 23 heavy (non-hydrogen) atoms. The highest BCUT2D eigenvalue weighted by molar-refractivity contribution is 8.00. The van der Waals surface area contributed by atoms with Crippen molar-refractivity contribution in [3.8, 4) is 11.5 Å². The summed E-state index contributed by atoms with van der Waals surface area (Å²) in [7, 11) is 0. The third-order valence-electron chi connectivity index (χ3n) is 3.07. The molecule has 0 heterocycles. The van der Waals surface area contributed by atoms with E-state index in [1.54, 1.807) is 31.2 Å². The van der Waals surface area contributed by atoms with Crippen LogP contribution in [0.5, 0.6) is 11.5 Å². The van der Waals surface area contributed by atoms with Gasteiger partial charge in [0.15, 0.2) is 11.5 Å². The van der Waals surface area contributed by atoms with E-state index < -0.39 is 0 Å². The number of rotatable bonds is 5. The van der Waals surface area contributed by atoms with Crippen molar-refractivity contribution in [2.75, 3.05) is 0 Å². The summed E-state index contributed by atoms with van der Waals surface area (Å²) in [6, 6.07) is 9.54. The molecule has 0 bridgehead atoms. The number of phenols is 2. The lowest BCUT2D eigenvalue weighted by Crippen LogP contribution is -2.30. The fourth-order valence-electron chi connectivity index (χ4n) is 1.83. The highest BCUT2D eigenvalue weighted by Gasteiger charge is 2.16. The van der Waals surface area contributed by atoms with Gasteiger partial charge in [-0.1, -0.05) is 29.3 Å². The van der Waals surface area contributed by atoms with Gasteiger partial charge in [0.05, 0.1) is 10.3 Å². The van der Waals surface area contributed by atoms with Crippen LogP contribution in [-0.2, 0) is 11.3 Å². The lowest BCUT2D eigenvalue weighted by Gasteiger charge is -2.13. The molecule has 0 aliphatic carbocycles. The first kappa shape index (κ1) is 17.8. The van der Waals surface area contributed by atoms with Gasteiger partial charge in [0.1, 0.15) is 0 Å². The van der Waals surface area contributed by atoms with Crippen molar-refractivity contribution in [1.82, 2.24) is 5.32 Å². The van der Waals surface area contributed by atoms with Gasteiger partial charge in [-0.25, -0.2) is 0 Å². The molecule has 0 fully saturated rings. The number of halogens is 2. The summed E-state index contributed by atoms with van der Waals surface area (Å²) in [5.41, 5.74) is 0.690. The summed E-state index contributed by atoms with van der Waals surface area (Å²) in [5, 5.41) is 22.2. The van der Waals surface area contributed by atoms with Gasteiger partial charge in [0, 0.05) is 16.5 Å². The lowest BCUT2D eigenvalue weighted by molar-refractivity contribution is -0.120. The molecule has 0 aliphatic heterocycles. The Morgan fingerprint density at radius 2 is 1.91 bits per heavy atom. The molecule has 0 saturated carbocycles. The third-order valence-corrected chi connectivity index (χ3v) is 4.91. The van der Waals surface area contributed by atoms with Crippen molar-refractivity contribution in [1.29, 1.82) is 0 Å². The monoisotopic (exact) mass is 371 g/mol. The minimum absolute atomic E-state index is 0.159. The van der Waals surface area contributed by atoms with Gasteiger partial charge in [-0.05, 0) is 42.8 Å². The third kappa shape index (κ3) is 4.96. The second kappa shape index (κ2) is 7.81. The number of amides is 1. The molecule has 1 amide bonds. The number of carbonyl (C=O) groups is 1. The van der Waals surface area contributed by atoms with E-state index in [9.17, 15) is 15.0 Å². The molecule has 0 aliphatic rings. The first-order chi connectivity index (χ1) is 10.9. The van der Waals surface area contributed by atoms with Crippen LogP contribution in [0.25, 0.3) is 0 Å². The Morgan fingerprint density at radius 3 is 2.57 bits per heavy atom. The molecule has 0 saturated heterocycles. The minimum Gasteiger partial charge on any atom is -0.504 e. The molecule has 122 valence electrons. The zero-order valence-corrected chi connectivity index (χ0v) is 14.5. The van der Waals surface area contributed by atoms with Gasteiger partial charge >= 0.3 is 0 Å². The van der Waals surface area contributed by atoms with Gasteiger partial charge in [-0.2, -0.15) is 0 Å². The molecule has 7 heteroatoms. The topological polar surface area (TPSA) is 69.6 Å². The van der Waals surface area contributed by atoms with Crippen molar-refractivity contribution in [2.45, 2.75) is 23.6 Å². The average Bonchev–Trinajstić information content (AvgIpc) is 2.50. The first-order valence-corrected chi connectivity index (χ1v) is 8.40. The van der Waals surface area contributed by atoms with Crippen molar-refractivity contribution in [3.63, 3.8) is 0 Å². The van der Waals surface area contributed by atoms with Crippen LogP contribution < -0.4 is 5.32 Å². The van der Waals surface area contributed by atoms with E-state index in [0.717, 1.165) is 4.90 Å². The Bertz CT molecular complexity index is 724. The zero-order valence-electron chi connectivity index (χ0n) is 12.2. The van der Waals surface area contributed by atoms with Crippen molar-refractivity contribution < 1.29 is 15.0 Å². The van der Waals surface area contributed by atoms with E-state index in [1.165, 1.54) is 23.9 Å². The molecule has 4 nitrogen and oxygen atoms in total. The molecule has 3 N–H and O–H groups in total. The largest absolute Gasteiger partial charge is 0.504 e. The number of hydrogen-bond donors (Lipinski definition) is 3. The summed E-state index contributed by atoms with van der Waals surface area (Å²) < 4.78 is 0. The number of phenolic OH excluding ortho intramolecular Hbond substituents is 2. The highest BCUT2D eigenvalue weighted by atomic mass is 35.5. The van der Waals surface area contributed by atoms with Gasteiger partial charge < -0.3 is 15.5 Å². The number of thioether (sulfide) groups is 1. The Labute approximate surface area is 148 Å². The van der Waals surface area contributed by atoms with E-state index >= 15 is 0 Å². The molecule has 0 aromatic heterocycles. The quantitative estimate of drug-likeness (QED) is 0.544. The first-order valence-electron chi connectivity index (χ1n) is 6.77. The molecular weight excluding hydrogens is 357 g/mol. The van der Waals surface area contributed by atoms with Crippen LogP contribution in [0.15, 0.2) is 41.3 Å². The highest BCUT2D eigenvalue weighted by Crippen LogP contribution is 2.32. The van der Waals surface area contributed by atoms with E-state index in [4.69, 9.17) is 23.2 Å². The maximum Gasteiger partial charge on any atom is 0.233 e. The predicted octanol–water partition coefficient (Wildman–Crippen LogP) is 4.20. The maximum absolute atomic E-state index is 12.1. The SMILES string of the molecule is CC(Sc1ccc(Cl)cc1Cl)C(=O)NCc1ccc(O)c(O)c1. The van der Waals surface area contributed by atoms with Crippen LogP contribution in [0.3, 0.4) is 0 Å². The Balaban J connectivity index is 1.93. The second-order valence-electron chi connectivity index (χ2n) is 4.88. The summed E-state index contributed by atoms with van der Waals surface area (Å²) in [5.74, 6) is -0.568. The molecule has 2 aromatic rings. The van der Waals surface area contributed by atoms with Gasteiger partial charge in [-0.15, -0.1) is 11.8 Å². The Kier molecular flexibility index (Phi) is 6.04. The van der Waals surface area contributed by atoms with Gasteiger partial charge in [0.2, 0.25) is 5.91 Å². The lowest BCUT2D eigenvalue weighted by atomic mass is 10.2. The Hall–Kier alpha value is -1.56. The van der Waals surface area contributed by atoms with E-state index in [0.29, 0.717) is 15.6 Å². The summed E-state index contributed by atoms with van der Waals surface area (Å²) in [4.78, 5) is 12.9. The molecular formula is C16H15Cl2NO3S. The summed E-state index contributed by atoms with van der Waals surface area (Å²) >= 11 is 13.3. The van der Waals surface area contributed by atoms with Gasteiger partial charge in [-0.3, -0.25) is 4.79 Å².